The number of carbonyl (C=O) groups excluding carboxylic acids is 2. The van der Waals surface area contributed by atoms with Gasteiger partial charge in [0.05, 0.1) is 25.5 Å². The van der Waals surface area contributed by atoms with E-state index in [0.717, 1.165) is 0 Å². The summed E-state index contributed by atoms with van der Waals surface area (Å²) in [5, 5.41) is 5.62. The van der Waals surface area contributed by atoms with Crippen molar-refractivity contribution < 1.29 is 19.1 Å². The summed E-state index contributed by atoms with van der Waals surface area (Å²) in [4.78, 5) is 24.9. The molecule has 0 heterocycles. The van der Waals surface area contributed by atoms with Gasteiger partial charge in [0, 0.05) is 17.2 Å². The Hall–Kier alpha value is -3.02. The van der Waals surface area contributed by atoms with E-state index in [1.54, 1.807) is 49.6 Å². The molecular weight excluding hydrogens is 332 g/mol. The number of carbonyl (C=O) groups is 2. The first kappa shape index (κ1) is 19.3. The van der Waals surface area contributed by atoms with Crippen LogP contribution in [0.1, 0.15) is 31.1 Å². The molecule has 2 N–H and O–H groups in total. The van der Waals surface area contributed by atoms with Crippen molar-refractivity contribution in [3.63, 3.8) is 0 Å². The molecule has 26 heavy (non-hydrogen) atoms. The number of ether oxygens (including phenoxy) is 2. The van der Waals surface area contributed by atoms with Crippen LogP contribution in [0.2, 0.25) is 0 Å². The van der Waals surface area contributed by atoms with E-state index in [2.05, 4.69) is 10.6 Å². The fraction of sp³-hybridized carbons (Fsp3) is 0.300. The molecule has 2 aromatic carbocycles. The van der Waals surface area contributed by atoms with E-state index in [4.69, 9.17) is 9.47 Å². The van der Waals surface area contributed by atoms with Crippen LogP contribution in [-0.2, 0) is 4.79 Å². The normalized spacial score (nSPS) is 10.8. The standard InChI is InChI=1S/C20H24N2O4/c1-20(2,3)19(24)22-15-9-7-6-8-14(15)18(23)21-13-10-11-16(25-4)17(12-13)26-5/h6-12H,1-5H3,(H,21,23)(H,22,24). The van der Waals surface area contributed by atoms with E-state index < -0.39 is 5.41 Å². The van der Waals surface area contributed by atoms with Gasteiger partial charge in [-0.25, -0.2) is 0 Å². The maximum Gasteiger partial charge on any atom is 0.257 e. The zero-order valence-electron chi connectivity index (χ0n) is 15.7. The van der Waals surface area contributed by atoms with Crippen LogP contribution in [-0.4, -0.2) is 26.0 Å². The highest BCUT2D eigenvalue weighted by molar-refractivity contribution is 6.10. The van der Waals surface area contributed by atoms with Crippen LogP contribution < -0.4 is 20.1 Å². The lowest BCUT2D eigenvalue weighted by molar-refractivity contribution is -0.123. The molecule has 0 aromatic heterocycles. The zero-order chi connectivity index (χ0) is 19.3. The Morgan fingerprint density at radius 1 is 0.885 bits per heavy atom. The fourth-order valence-corrected chi connectivity index (χ4v) is 2.21. The summed E-state index contributed by atoms with van der Waals surface area (Å²) in [5.41, 5.74) is 0.835. The Labute approximate surface area is 153 Å². The van der Waals surface area contributed by atoms with Gasteiger partial charge in [0.2, 0.25) is 5.91 Å². The molecule has 0 aliphatic carbocycles. The molecule has 0 aliphatic rings. The molecule has 0 radical (unpaired) electrons. The van der Waals surface area contributed by atoms with Crippen molar-refractivity contribution in [2.45, 2.75) is 20.8 Å². The van der Waals surface area contributed by atoms with Gasteiger partial charge in [-0.05, 0) is 24.3 Å². The molecule has 2 aromatic rings. The van der Waals surface area contributed by atoms with Crippen molar-refractivity contribution in [3.05, 3.63) is 48.0 Å². The molecule has 2 amide bonds. The van der Waals surface area contributed by atoms with E-state index in [9.17, 15) is 9.59 Å². The Bertz CT molecular complexity index is 810. The van der Waals surface area contributed by atoms with Gasteiger partial charge in [-0.3, -0.25) is 9.59 Å². The first-order valence-corrected chi connectivity index (χ1v) is 8.20. The van der Waals surface area contributed by atoms with Crippen LogP contribution in [0, 0.1) is 5.41 Å². The van der Waals surface area contributed by atoms with Gasteiger partial charge in [0.15, 0.2) is 11.5 Å². The third-order valence-electron chi connectivity index (χ3n) is 3.74. The van der Waals surface area contributed by atoms with Gasteiger partial charge in [0.25, 0.3) is 5.91 Å². The summed E-state index contributed by atoms with van der Waals surface area (Å²) in [7, 11) is 3.07. The quantitative estimate of drug-likeness (QED) is 0.851. The molecular formula is C20H24N2O4. The third-order valence-corrected chi connectivity index (χ3v) is 3.74. The van der Waals surface area contributed by atoms with Crippen LogP contribution in [0.4, 0.5) is 11.4 Å². The van der Waals surface area contributed by atoms with E-state index in [1.807, 2.05) is 20.8 Å². The van der Waals surface area contributed by atoms with Crippen molar-refractivity contribution in [1.29, 1.82) is 0 Å². The summed E-state index contributed by atoms with van der Waals surface area (Å²) in [6, 6.07) is 12.0. The van der Waals surface area contributed by atoms with Crippen molar-refractivity contribution >= 4 is 23.2 Å². The first-order chi connectivity index (χ1) is 12.3. The topological polar surface area (TPSA) is 76.7 Å². The number of nitrogens with one attached hydrogen (secondary N) is 2. The molecule has 0 saturated heterocycles. The third kappa shape index (κ3) is 4.53. The number of benzene rings is 2. The molecule has 2 rings (SSSR count). The monoisotopic (exact) mass is 356 g/mol. The summed E-state index contributed by atoms with van der Waals surface area (Å²) < 4.78 is 10.4. The predicted octanol–water partition coefficient (Wildman–Crippen LogP) is 3.94. The average molecular weight is 356 g/mol. The van der Waals surface area contributed by atoms with Crippen LogP contribution in [0.15, 0.2) is 42.5 Å². The molecule has 0 atom stereocenters. The molecule has 0 aliphatic heterocycles. The zero-order valence-corrected chi connectivity index (χ0v) is 15.7. The van der Waals surface area contributed by atoms with Crippen molar-refractivity contribution in [1.82, 2.24) is 0 Å². The Morgan fingerprint density at radius 3 is 2.15 bits per heavy atom. The maximum absolute atomic E-state index is 12.7. The number of hydrogen-bond acceptors (Lipinski definition) is 4. The maximum atomic E-state index is 12.7. The summed E-state index contributed by atoms with van der Waals surface area (Å²) >= 11 is 0. The minimum Gasteiger partial charge on any atom is -0.493 e. The number of para-hydroxylation sites is 1. The van der Waals surface area contributed by atoms with Gasteiger partial charge in [-0.1, -0.05) is 32.9 Å². The van der Waals surface area contributed by atoms with Crippen molar-refractivity contribution in [2.24, 2.45) is 5.41 Å². The largest absolute Gasteiger partial charge is 0.493 e. The van der Waals surface area contributed by atoms with Gasteiger partial charge in [-0.2, -0.15) is 0 Å². The van der Waals surface area contributed by atoms with Gasteiger partial charge in [-0.15, -0.1) is 0 Å². The Morgan fingerprint density at radius 2 is 1.54 bits per heavy atom. The number of amides is 2. The van der Waals surface area contributed by atoms with Crippen LogP contribution in [0.25, 0.3) is 0 Å². The second-order valence-electron chi connectivity index (χ2n) is 6.77. The summed E-state index contributed by atoms with van der Waals surface area (Å²) in [6.45, 7) is 5.44. The van der Waals surface area contributed by atoms with Gasteiger partial charge < -0.3 is 20.1 Å². The van der Waals surface area contributed by atoms with Crippen molar-refractivity contribution in [3.8, 4) is 11.5 Å². The first-order valence-electron chi connectivity index (χ1n) is 8.20. The molecule has 0 spiro atoms. The summed E-state index contributed by atoms with van der Waals surface area (Å²) in [5.74, 6) is 0.592. The van der Waals surface area contributed by atoms with E-state index >= 15 is 0 Å². The summed E-state index contributed by atoms with van der Waals surface area (Å²) in [6.07, 6.45) is 0. The second kappa shape index (κ2) is 7.91. The SMILES string of the molecule is COc1ccc(NC(=O)c2ccccc2NC(=O)C(C)(C)C)cc1OC. The van der Waals surface area contributed by atoms with Crippen molar-refractivity contribution in [2.75, 3.05) is 24.9 Å². The molecule has 6 heteroatoms. The lowest BCUT2D eigenvalue weighted by Crippen LogP contribution is -2.28. The number of hydrogen-bond donors (Lipinski definition) is 2. The van der Waals surface area contributed by atoms with Crippen LogP contribution >= 0.6 is 0 Å². The lowest BCUT2D eigenvalue weighted by Gasteiger charge is -2.19. The molecule has 138 valence electrons. The highest BCUT2D eigenvalue weighted by Gasteiger charge is 2.23. The average Bonchev–Trinajstić information content (AvgIpc) is 2.61. The lowest BCUT2D eigenvalue weighted by atomic mass is 9.95. The molecule has 0 bridgehead atoms. The fourth-order valence-electron chi connectivity index (χ4n) is 2.21. The highest BCUT2D eigenvalue weighted by atomic mass is 16.5. The number of rotatable bonds is 5. The molecule has 0 unspecified atom stereocenters. The molecule has 6 nitrogen and oxygen atoms in total. The highest BCUT2D eigenvalue weighted by Crippen LogP contribution is 2.30. The Kier molecular flexibility index (Phi) is 5.87. The Balaban J connectivity index is 2.24. The van der Waals surface area contributed by atoms with Crippen LogP contribution in [0.5, 0.6) is 11.5 Å². The van der Waals surface area contributed by atoms with E-state index in [-0.39, 0.29) is 11.8 Å². The minimum atomic E-state index is -0.563. The number of anilines is 2. The van der Waals surface area contributed by atoms with Crippen LogP contribution in [0.3, 0.4) is 0 Å². The van der Waals surface area contributed by atoms with E-state index in [0.29, 0.717) is 28.4 Å². The number of methoxy groups -OCH3 is 2. The minimum absolute atomic E-state index is 0.163. The van der Waals surface area contributed by atoms with E-state index in [1.165, 1.54) is 7.11 Å². The second-order valence-corrected chi connectivity index (χ2v) is 6.77. The van der Waals surface area contributed by atoms with Gasteiger partial charge in [0.1, 0.15) is 0 Å². The molecule has 0 fully saturated rings. The molecule has 0 saturated carbocycles. The van der Waals surface area contributed by atoms with Gasteiger partial charge >= 0.3 is 0 Å². The predicted molar refractivity (Wildman–Crippen MR) is 102 cm³/mol. The smallest absolute Gasteiger partial charge is 0.257 e.